The highest BCUT2D eigenvalue weighted by atomic mass is 16.2. The summed E-state index contributed by atoms with van der Waals surface area (Å²) in [5.41, 5.74) is 3.37. The van der Waals surface area contributed by atoms with E-state index in [1.54, 1.807) is 0 Å². The molecule has 0 radical (unpaired) electrons. The van der Waals surface area contributed by atoms with Crippen molar-refractivity contribution >= 4 is 11.8 Å². The second-order valence-corrected chi connectivity index (χ2v) is 7.33. The third-order valence-electron chi connectivity index (χ3n) is 5.29. The lowest BCUT2D eigenvalue weighted by molar-refractivity contribution is -0.129. The molecule has 0 saturated heterocycles. The number of rotatable bonds is 6. The van der Waals surface area contributed by atoms with Gasteiger partial charge in [-0.3, -0.25) is 9.59 Å². The zero-order chi connectivity index (χ0) is 19.1. The molecule has 0 spiro atoms. The molecule has 0 heterocycles. The van der Waals surface area contributed by atoms with E-state index in [0.717, 1.165) is 36.8 Å². The summed E-state index contributed by atoms with van der Waals surface area (Å²) >= 11 is 0. The van der Waals surface area contributed by atoms with Crippen LogP contribution in [0, 0.1) is 5.92 Å². The topological polar surface area (TPSA) is 58.2 Å². The summed E-state index contributed by atoms with van der Waals surface area (Å²) in [5, 5.41) is 5.75. The Labute approximate surface area is 161 Å². The predicted molar refractivity (Wildman–Crippen MR) is 108 cm³/mol. The third kappa shape index (κ3) is 5.43. The van der Waals surface area contributed by atoms with Crippen molar-refractivity contribution in [3.8, 4) is 11.1 Å². The zero-order valence-corrected chi connectivity index (χ0v) is 15.9. The lowest BCUT2D eigenvalue weighted by Gasteiger charge is -2.21. The van der Waals surface area contributed by atoms with Gasteiger partial charge in [0.2, 0.25) is 11.8 Å². The summed E-state index contributed by atoms with van der Waals surface area (Å²) in [6.07, 6.45) is 5.32. The molecule has 142 valence electrons. The number of hydrogen-bond donors (Lipinski definition) is 2. The monoisotopic (exact) mass is 364 g/mol. The van der Waals surface area contributed by atoms with E-state index in [-0.39, 0.29) is 30.3 Å². The van der Waals surface area contributed by atoms with Crippen molar-refractivity contribution in [3.63, 3.8) is 0 Å². The molecular formula is C23H28N2O2. The Hall–Kier alpha value is -2.62. The molecule has 1 aliphatic rings. The molecule has 0 bridgehead atoms. The van der Waals surface area contributed by atoms with Crippen LogP contribution in [0.4, 0.5) is 0 Å². The standard InChI is InChI=1S/C23H28N2O2/c1-17(18-12-14-20(15-13-18)19-8-4-2-5-9-19)25-22(26)16-24-23(27)21-10-6-3-7-11-21/h2,4-5,8-9,12-15,17,21H,3,6-7,10-11,16H2,1H3,(H,24,27)(H,25,26)/t17-/m0/s1. The van der Waals surface area contributed by atoms with Gasteiger partial charge in [0.15, 0.2) is 0 Å². The second kappa shape index (κ2) is 9.36. The van der Waals surface area contributed by atoms with Gasteiger partial charge in [-0.25, -0.2) is 0 Å². The maximum absolute atomic E-state index is 12.2. The Bertz CT molecular complexity index is 750. The number of carbonyl (C=O) groups is 2. The fourth-order valence-corrected chi connectivity index (χ4v) is 3.65. The van der Waals surface area contributed by atoms with Crippen LogP contribution in [0.2, 0.25) is 0 Å². The van der Waals surface area contributed by atoms with Crippen LogP contribution >= 0.6 is 0 Å². The van der Waals surface area contributed by atoms with Crippen molar-refractivity contribution in [3.05, 3.63) is 60.2 Å². The molecule has 2 N–H and O–H groups in total. The van der Waals surface area contributed by atoms with Crippen LogP contribution in [0.3, 0.4) is 0 Å². The normalized spacial score (nSPS) is 15.7. The molecule has 4 nitrogen and oxygen atoms in total. The number of amides is 2. The Kier molecular flexibility index (Phi) is 6.64. The van der Waals surface area contributed by atoms with Crippen molar-refractivity contribution in [1.29, 1.82) is 0 Å². The summed E-state index contributed by atoms with van der Waals surface area (Å²) in [4.78, 5) is 24.3. The lowest BCUT2D eigenvalue weighted by Crippen LogP contribution is -2.40. The van der Waals surface area contributed by atoms with E-state index in [4.69, 9.17) is 0 Å². The van der Waals surface area contributed by atoms with E-state index in [1.165, 1.54) is 12.0 Å². The molecule has 3 rings (SSSR count). The first-order valence-electron chi connectivity index (χ1n) is 9.86. The van der Waals surface area contributed by atoms with Gasteiger partial charge in [0, 0.05) is 5.92 Å². The quantitative estimate of drug-likeness (QED) is 0.806. The minimum atomic E-state index is -0.154. The fourth-order valence-electron chi connectivity index (χ4n) is 3.65. The molecule has 0 aliphatic heterocycles. The van der Waals surface area contributed by atoms with Gasteiger partial charge in [0.1, 0.15) is 0 Å². The van der Waals surface area contributed by atoms with Crippen LogP contribution in [-0.4, -0.2) is 18.4 Å². The highest BCUT2D eigenvalue weighted by molar-refractivity contribution is 5.86. The zero-order valence-electron chi connectivity index (χ0n) is 15.9. The van der Waals surface area contributed by atoms with Crippen LogP contribution in [0.1, 0.15) is 50.6 Å². The molecule has 27 heavy (non-hydrogen) atoms. The first kappa shape index (κ1) is 19.2. The van der Waals surface area contributed by atoms with E-state index in [9.17, 15) is 9.59 Å². The first-order valence-corrected chi connectivity index (χ1v) is 9.86. The average molecular weight is 364 g/mol. The smallest absolute Gasteiger partial charge is 0.239 e. The van der Waals surface area contributed by atoms with Gasteiger partial charge in [-0.15, -0.1) is 0 Å². The summed E-state index contributed by atoms with van der Waals surface area (Å²) in [5.74, 6) is -0.0574. The Morgan fingerprint density at radius 2 is 1.56 bits per heavy atom. The minimum absolute atomic E-state index is 0.0183. The minimum Gasteiger partial charge on any atom is -0.348 e. The Morgan fingerprint density at radius 1 is 0.926 bits per heavy atom. The fraction of sp³-hybridized carbons (Fsp3) is 0.391. The van der Waals surface area contributed by atoms with Gasteiger partial charge in [0.05, 0.1) is 12.6 Å². The summed E-state index contributed by atoms with van der Waals surface area (Å²) < 4.78 is 0. The van der Waals surface area contributed by atoms with Crippen LogP contribution in [0.25, 0.3) is 11.1 Å². The van der Waals surface area contributed by atoms with Gasteiger partial charge in [-0.05, 0) is 36.5 Å². The predicted octanol–water partition coefficient (Wildman–Crippen LogP) is 4.23. The molecule has 1 fully saturated rings. The summed E-state index contributed by atoms with van der Waals surface area (Å²) in [6, 6.07) is 18.3. The van der Waals surface area contributed by atoms with Crippen molar-refractivity contribution in [2.24, 2.45) is 5.92 Å². The third-order valence-corrected chi connectivity index (χ3v) is 5.29. The summed E-state index contributed by atoms with van der Waals surface area (Å²) in [6.45, 7) is 2.00. The van der Waals surface area contributed by atoms with Crippen LogP contribution in [0.15, 0.2) is 54.6 Å². The van der Waals surface area contributed by atoms with Crippen molar-refractivity contribution < 1.29 is 9.59 Å². The molecule has 4 heteroatoms. The maximum atomic E-state index is 12.2. The van der Waals surface area contributed by atoms with Gasteiger partial charge < -0.3 is 10.6 Å². The molecule has 0 aromatic heterocycles. The highest BCUT2D eigenvalue weighted by Crippen LogP contribution is 2.24. The van der Waals surface area contributed by atoms with E-state index < -0.39 is 0 Å². The molecule has 1 aliphatic carbocycles. The number of hydrogen-bond acceptors (Lipinski definition) is 2. The molecule has 2 amide bonds. The number of nitrogens with one attached hydrogen (secondary N) is 2. The van der Waals surface area contributed by atoms with Crippen LogP contribution in [0.5, 0.6) is 0 Å². The van der Waals surface area contributed by atoms with Gasteiger partial charge in [-0.2, -0.15) is 0 Å². The number of benzene rings is 2. The van der Waals surface area contributed by atoms with Gasteiger partial charge in [0.25, 0.3) is 0 Å². The molecule has 2 aromatic carbocycles. The molecule has 1 atom stereocenters. The highest BCUT2D eigenvalue weighted by Gasteiger charge is 2.21. The first-order chi connectivity index (χ1) is 13.1. The molecule has 0 unspecified atom stereocenters. The molecule has 2 aromatic rings. The Morgan fingerprint density at radius 3 is 2.22 bits per heavy atom. The lowest BCUT2D eigenvalue weighted by atomic mass is 9.89. The Balaban J connectivity index is 1.48. The summed E-state index contributed by atoms with van der Waals surface area (Å²) in [7, 11) is 0. The SMILES string of the molecule is C[C@H](NC(=O)CNC(=O)C1CCCCC1)c1ccc(-c2ccccc2)cc1. The largest absolute Gasteiger partial charge is 0.348 e. The van der Waals surface area contributed by atoms with Crippen molar-refractivity contribution in [2.45, 2.75) is 45.1 Å². The van der Waals surface area contributed by atoms with E-state index in [0.29, 0.717) is 0 Å². The van der Waals surface area contributed by atoms with Crippen LogP contribution in [-0.2, 0) is 9.59 Å². The van der Waals surface area contributed by atoms with Crippen molar-refractivity contribution in [2.75, 3.05) is 6.54 Å². The van der Waals surface area contributed by atoms with Gasteiger partial charge >= 0.3 is 0 Å². The van der Waals surface area contributed by atoms with E-state index in [2.05, 4.69) is 34.9 Å². The van der Waals surface area contributed by atoms with E-state index in [1.807, 2.05) is 37.3 Å². The van der Waals surface area contributed by atoms with E-state index >= 15 is 0 Å². The average Bonchev–Trinajstić information content (AvgIpc) is 2.73. The van der Waals surface area contributed by atoms with Crippen molar-refractivity contribution in [1.82, 2.24) is 10.6 Å². The second-order valence-electron chi connectivity index (χ2n) is 7.33. The van der Waals surface area contributed by atoms with Gasteiger partial charge in [-0.1, -0.05) is 73.9 Å². The molecular weight excluding hydrogens is 336 g/mol. The number of carbonyl (C=O) groups excluding carboxylic acids is 2. The maximum Gasteiger partial charge on any atom is 0.239 e. The molecule has 1 saturated carbocycles. The van der Waals surface area contributed by atoms with Crippen LogP contribution < -0.4 is 10.6 Å².